The molecule has 9 heteroatoms. The molecule has 4 bridgehead atoms. The SMILES string of the molecule is COC(=O)C(CC12CCC(CC1)CC2)NC(=O)OCc1ccccc1.O=C(NC(CO)CC12CCC(CC1)CC2)OCc1ccccc1. The Bertz CT molecular complexity index is 1280. The van der Waals surface area contributed by atoms with Gasteiger partial charge in [-0.15, -0.1) is 0 Å². The van der Waals surface area contributed by atoms with Crippen LogP contribution in [0.1, 0.15) is 101 Å². The highest BCUT2D eigenvalue weighted by molar-refractivity contribution is 5.81. The van der Waals surface area contributed by atoms with E-state index in [2.05, 4.69) is 10.6 Å². The molecule has 2 unspecified atom stereocenters. The molecule has 3 N–H and O–H groups in total. The third-order valence-electron chi connectivity index (χ3n) is 11.6. The smallest absolute Gasteiger partial charge is 0.408 e. The average Bonchev–Trinajstić information content (AvgIpc) is 3.14. The molecule has 2 aromatic carbocycles. The molecule has 0 saturated heterocycles. The molecular weight excluding hydrogens is 608 g/mol. The summed E-state index contributed by atoms with van der Waals surface area (Å²) in [6.07, 6.45) is 15.4. The highest BCUT2D eigenvalue weighted by Crippen LogP contribution is 2.53. The van der Waals surface area contributed by atoms with Crippen LogP contribution in [0.4, 0.5) is 9.59 Å². The average molecular weight is 663 g/mol. The quantitative estimate of drug-likeness (QED) is 0.159. The summed E-state index contributed by atoms with van der Waals surface area (Å²) in [5, 5.41) is 15.2. The van der Waals surface area contributed by atoms with Crippen LogP contribution in [0.5, 0.6) is 0 Å². The molecule has 48 heavy (non-hydrogen) atoms. The van der Waals surface area contributed by atoms with E-state index in [1.165, 1.54) is 64.9 Å². The lowest BCUT2D eigenvalue weighted by atomic mass is 9.58. The second kappa shape index (κ2) is 17.2. The van der Waals surface area contributed by atoms with Gasteiger partial charge >= 0.3 is 18.2 Å². The molecule has 2 atom stereocenters. The van der Waals surface area contributed by atoms with E-state index in [1.807, 2.05) is 60.7 Å². The Kier molecular flexibility index (Phi) is 12.8. The first-order valence-corrected chi connectivity index (χ1v) is 17.9. The van der Waals surface area contributed by atoms with Crippen LogP contribution in [-0.4, -0.2) is 49.1 Å². The van der Waals surface area contributed by atoms with Crippen LogP contribution in [0.2, 0.25) is 0 Å². The normalized spacial score (nSPS) is 26.6. The van der Waals surface area contributed by atoms with Gasteiger partial charge in [0.25, 0.3) is 0 Å². The first kappa shape index (κ1) is 35.7. The van der Waals surface area contributed by atoms with Gasteiger partial charge in [0, 0.05) is 0 Å². The maximum Gasteiger partial charge on any atom is 0.408 e. The van der Waals surface area contributed by atoms with E-state index in [0.29, 0.717) is 11.8 Å². The second-order valence-electron chi connectivity index (χ2n) is 14.7. The summed E-state index contributed by atoms with van der Waals surface area (Å²) in [6.45, 7) is 0.427. The van der Waals surface area contributed by atoms with E-state index < -0.39 is 24.2 Å². The van der Waals surface area contributed by atoms with Crippen LogP contribution in [0.25, 0.3) is 0 Å². The standard InChI is InChI=1S/C20H27NO4.C19H27NO3/c1-24-18(22)17(13-20-10-7-15(8-11-20)9-12-20)21-19(23)25-14-16-5-3-2-4-6-16;21-13-17(12-19-9-6-15(7-10-19)8-11-19)20-18(22)23-14-16-4-2-1-3-5-16/h2-6,15,17H,7-14H2,1H3,(H,21,23);1-5,15,17,21H,6-14H2,(H,20,22). The number of aliphatic hydroxyl groups excluding tert-OH is 1. The number of carbonyl (C=O) groups excluding carboxylic acids is 3. The number of amides is 2. The van der Waals surface area contributed by atoms with Gasteiger partial charge in [-0.1, -0.05) is 60.7 Å². The van der Waals surface area contributed by atoms with E-state index in [9.17, 15) is 19.5 Å². The molecule has 0 aliphatic heterocycles. The van der Waals surface area contributed by atoms with Gasteiger partial charge < -0.3 is 30.0 Å². The number of methoxy groups -OCH3 is 1. The highest BCUT2D eigenvalue weighted by Gasteiger charge is 2.44. The zero-order valence-electron chi connectivity index (χ0n) is 28.5. The summed E-state index contributed by atoms with van der Waals surface area (Å²) >= 11 is 0. The summed E-state index contributed by atoms with van der Waals surface area (Å²) < 4.78 is 15.4. The number of hydrogen-bond donors (Lipinski definition) is 3. The minimum Gasteiger partial charge on any atom is -0.467 e. The fourth-order valence-corrected chi connectivity index (χ4v) is 8.58. The van der Waals surface area contributed by atoms with Gasteiger partial charge in [0.1, 0.15) is 19.3 Å². The van der Waals surface area contributed by atoms with Crippen LogP contribution < -0.4 is 10.6 Å². The fraction of sp³-hybridized carbons (Fsp3) is 0.615. The molecule has 6 aliphatic rings. The van der Waals surface area contributed by atoms with E-state index >= 15 is 0 Å². The molecule has 262 valence electrons. The highest BCUT2D eigenvalue weighted by atomic mass is 16.6. The van der Waals surface area contributed by atoms with Crippen molar-refractivity contribution in [1.82, 2.24) is 10.6 Å². The van der Waals surface area contributed by atoms with Crippen molar-refractivity contribution in [1.29, 1.82) is 0 Å². The lowest BCUT2D eigenvalue weighted by molar-refractivity contribution is -0.144. The largest absolute Gasteiger partial charge is 0.467 e. The number of alkyl carbamates (subject to hydrolysis) is 2. The predicted octanol–water partition coefficient (Wildman–Crippen LogP) is 7.45. The van der Waals surface area contributed by atoms with Crippen molar-refractivity contribution in [3.05, 3.63) is 71.8 Å². The molecule has 0 aromatic heterocycles. The van der Waals surface area contributed by atoms with Crippen molar-refractivity contribution in [2.75, 3.05) is 13.7 Å². The Hall–Kier alpha value is -3.59. The Morgan fingerprint density at radius 1 is 0.688 bits per heavy atom. The van der Waals surface area contributed by atoms with Crippen molar-refractivity contribution in [2.45, 2.75) is 115 Å². The third kappa shape index (κ3) is 10.2. The zero-order chi connectivity index (χ0) is 33.8. The van der Waals surface area contributed by atoms with Crippen LogP contribution in [0, 0.1) is 22.7 Å². The van der Waals surface area contributed by atoms with Crippen LogP contribution >= 0.6 is 0 Å². The molecular formula is C39H54N2O7. The molecule has 8 rings (SSSR count). The first-order valence-electron chi connectivity index (χ1n) is 17.9. The van der Waals surface area contributed by atoms with Crippen molar-refractivity contribution in [3.63, 3.8) is 0 Å². The number of ether oxygens (including phenoxy) is 3. The van der Waals surface area contributed by atoms with E-state index in [1.54, 1.807) is 0 Å². The van der Waals surface area contributed by atoms with Gasteiger partial charge in [-0.25, -0.2) is 14.4 Å². The minimum absolute atomic E-state index is 0.0222. The third-order valence-corrected chi connectivity index (χ3v) is 11.6. The van der Waals surface area contributed by atoms with Gasteiger partial charge in [0.05, 0.1) is 19.8 Å². The first-order chi connectivity index (χ1) is 23.3. The van der Waals surface area contributed by atoms with Gasteiger partial charge in [-0.3, -0.25) is 0 Å². The summed E-state index contributed by atoms with van der Waals surface area (Å²) in [4.78, 5) is 36.3. The predicted molar refractivity (Wildman–Crippen MR) is 183 cm³/mol. The molecule has 2 aromatic rings. The number of rotatable bonds is 12. The van der Waals surface area contributed by atoms with Crippen molar-refractivity contribution >= 4 is 18.2 Å². The molecule has 9 nitrogen and oxygen atoms in total. The number of fused-ring (bicyclic) bond motifs is 6. The zero-order valence-corrected chi connectivity index (χ0v) is 28.5. The number of benzene rings is 2. The van der Waals surface area contributed by atoms with Crippen molar-refractivity contribution in [2.24, 2.45) is 22.7 Å². The molecule has 6 fully saturated rings. The summed E-state index contributed by atoms with van der Waals surface area (Å²) in [6, 6.07) is 18.3. The second-order valence-corrected chi connectivity index (χ2v) is 14.7. The van der Waals surface area contributed by atoms with Gasteiger partial charge in [0.15, 0.2) is 0 Å². The van der Waals surface area contributed by atoms with Crippen LogP contribution in [0.3, 0.4) is 0 Å². The summed E-state index contributed by atoms with van der Waals surface area (Å²) in [7, 11) is 1.36. The lowest BCUT2D eigenvalue weighted by Crippen LogP contribution is -2.47. The van der Waals surface area contributed by atoms with Crippen LogP contribution in [-0.2, 0) is 32.2 Å². The number of esters is 1. The molecule has 0 radical (unpaired) electrons. The summed E-state index contributed by atoms with van der Waals surface area (Å²) in [5.74, 6) is 1.40. The number of nitrogens with one attached hydrogen (secondary N) is 2. The van der Waals surface area contributed by atoms with Gasteiger partial charge in [0.2, 0.25) is 0 Å². The molecule has 6 aliphatic carbocycles. The monoisotopic (exact) mass is 662 g/mol. The van der Waals surface area contributed by atoms with Crippen molar-refractivity contribution in [3.8, 4) is 0 Å². The van der Waals surface area contributed by atoms with Crippen LogP contribution in [0.15, 0.2) is 60.7 Å². The lowest BCUT2D eigenvalue weighted by Gasteiger charge is -2.48. The number of aliphatic hydroxyl groups is 1. The maximum absolute atomic E-state index is 12.2. The molecule has 6 saturated carbocycles. The number of carbonyl (C=O) groups is 3. The minimum atomic E-state index is -0.636. The maximum atomic E-state index is 12.2. The molecule has 0 spiro atoms. The molecule has 0 heterocycles. The Labute approximate surface area is 285 Å². The molecule has 2 amide bonds. The van der Waals surface area contributed by atoms with E-state index in [4.69, 9.17) is 14.2 Å². The Morgan fingerprint density at radius 3 is 1.52 bits per heavy atom. The van der Waals surface area contributed by atoms with Crippen molar-refractivity contribution < 1.29 is 33.7 Å². The fourth-order valence-electron chi connectivity index (χ4n) is 8.58. The van der Waals surface area contributed by atoms with E-state index in [0.717, 1.165) is 48.6 Å². The summed E-state index contributed by atoms with van der Waals surface area (Å²) in [5.41, 5.74) is 2.37. The Balaban J connectivity index is 0.000000188. The van der Waals surface area contributed by atoms with E-state index in [-0.39, 0.29) is 31.3 Å². The van der Waals surface area contributed by atoms with Gasteiger partial charge in [-0.2, -0.15) is 0 Å². The number of hydrogen-bond acceptors (Lipinski definition) is 7. The van der Waals surface area contributed by atoms with Gasteiger partial charge in [-0.05, 0) is 124 Å². The Morgan fingerprint density at radius 2 is 1.10 bits per heavy atom. The topological polar surface area (TPSA) is 123 Å².